The summed E-state index contributed by atoms with van der Waals surface area (Å²) in [6.07, 6.45) is 8.82. The molecule has 1 aliphatic rings. The minimum Gasteiger partial charge on any atom is -0.495 e. The molecule has 8 heteroatoms. The van der Waals surface area contributed by atoms with Crippen LogP contribution in [0.4, 0.5) is 15.3 Å². The summed E-state index contributed by atoms with van der Waals surface area (Å²) in [6, 6.07) is 27.9. The zero-order valence-electron chi connectivity index (χ0n) is 27.9. The molecule has 47 heavy (non-hydrogen) atoms. The fourth-order valence-electron chi connectivity index (χ4n) is 5.93. The molecule has 0 radical (unpaired) electrons. The van der Waals surface area contributed by atoms with Gasteiger partial charge in [-0.1, -0.05) is 86.0 Å². The van der Waals surface area contributed by atoms with Crippen molar-refractivity contribution < 1.29 is 19.1 Å². The quantitative estimate of drug-likeness (QED) is 0.188. The molecule has 0 aliphatic heterocycles. The Morgan fingerprint density at radius 3 is 2.00 bits per heavy atom. The number of rotatable bonds is 10. The molecule has 1 N–H and O–H groups in total. The highest BCUT2D eigenvalue weighted by Crippen LogP contribution is 2.28. The lowest BCUT2D eigenvalue weighted by Gasteiger charge is -2.35. The van der Waals surface area contributed by atoms with Gasteiger partial charge < -0.3 is 24.6 Å². The minimum atomic E-state index is -0.533. The largest absolute Gasteiger partial charge is 0.495 e. The molecule has 1 saturated carbocycles. The van der Waals surface area contributed by atoms with E-state index in [0.717, 1.165) is 53.5 Å². The van der Waals surface area contributed by atoms with Crippen LogP contribution < -0.4 is 10.1 Å². The summed E-state index contributed by atoms with van der Waals surface area (Å²) in [5, 5.41) is 3.01. The summed E-state index contributed by atoms with van der Waals surface area (Å²) in [5.74, 6) is 0.601. The highest BCUT2D eigenvalue weighted by atomic mass is 16.6. The molecule has 1 aromatic heterocycles. The molecular formula is C39H46N4O4. The fraction of sp³-hybridized carbons (Fsp3) is 0.359. The predicted molar refractivity (Wildman–Crippen MR) is 186 cm³/mol. The van der Waals surface area contributed by atoms with Crippen LogP contribution in [0.1, 0.15) is 69.6 Å². The van der Waals surface area contributed by atoms with Crippen molar-refractivity contribution in [3.05, 3.63) is 114 Å². The van der Waals surface area contributed by atoms with Crippen LogP contribution in [-0.2, 0) is 24.4 Å². The third-order valence-corrected chi connectivity index (χ3v) is 8.34. The van der Waals surface area contributed by atoms with Crippen LogP contribution in [0.15, 0.2) is 97.3 Å². The summed E-state index contributed by atoms with van der Waals surface area (Å²) in [6.45, 7) is 7.09. The number of pyridine rings is 1. The number of carbonyl (C=O) groups excluding carboxylic acids is 2. The number of urea groups is 1. The Hall–Kier alpha value is -4.85. The molecule has 0 bridgehead atoms. The molecule has 3 amide bonds. The molecule has 0 atom stereocenters. The smallest absolute Gasteiger partial charge is 0.410 e. The number of benzene rings is 3. The number of para-hydroxylation sites is 2. The number of nitrogens with zero attached hydrogens (tertiary/aromatic N) is 3. The Kier molecular flexibility index (Phi) is 11.1. The van der Waals surface area contributed by atoms with E-state index in [9.17, 15) is 9.59 Å². The Balaban J connectivity index is 1.28. The van der Waals surface area contributed by atoms with E-state index in [1.54, 1.807) is 24.4 Å². The van der Waals surface area contributed by atoms with Crippen molar-refractivity contribution in [3.63, 3.8) is 0 Å². The molecule has 1 fully saturated rings. The summed E-state index contributed by atoms with van der Waals surface area (Å²) in [5.41, 5.74) is 5.27. The molecule has 0 spiro atoms. The topological polar surface area (TPSA) is 84.0 Å². The van der Waals surface area contributed by atoms with E-state index in [0.29, 0.717) is 31.1 Å². The number of carbonyl (C=O) groups is 2. The van der Waals surface area contributed by atoms with Crippen LogP contribution in [0.2, 0.25) is 0 Å². The number of methoxy groups -OCH3 is 1. The molecule has 0 unspecified atom stereocenters. The number of anilines is 1. The maximum Gasteiger partial charge on any atom is 0.410 e. The number of nitrogens with one attached hydrogen (secondary N) is 1. The van der Waals surface area contributed by atoms with E-state index in [1.165, 1.54) is 6.42 Å². The monoisotopic (exact) mass is 634 g/mol. The van der Waals surface area contributed by atoms with Gasteiger partial charge in [0.05, 0.1) is 12.8 Å². The molecule has 246 valence electrons. The van der Waals surface area contributed by atoms with Gasteiger partial charge in [-0.25, -0.2) is 9.59 Å². The second-order valence-corrected chi connectivity index (χ2v) is 13.1. The maximum atomic E-state index is 13.5. The second-order valence-electron chi connectivity index (χ2n) is 13.1. The van der Waals surface area contributed by atoms with Crippen LogP contribution in [0, 0.1) is 0 Å². The Morgan fingerprint density at radius 2 is 1.40 bits per heavy atom. The average molecular weight is 635 g/mol. The van der Waals surface area contributed by atoms with E-state index in [2.05, 4.69) is 58.8 Å². The summed E-state index contributed by atoms with van der Waals surface area (Å²) < 4.78 is 11.2. The van der Waals surface area contributed by atoms with Gasteiger partial charge in [-0.15, -0.1) is 0 Å². The van der Waals surface area contributed by atoms with E-state index in [-0.39, 0.29) is 18.2 Å². The normalized spacial score (nSPS) is 13.4. The van der Waals surface area contributed by atoms with E-state index < -0.39 is 5.60 Å². The highest BCUT2D eigenvalue weighted by Gasteiger charge is 2.29. The third kappa shape index (κ3) is 9.58. The lowest BCUT2D eigenvalue weighted by atomic mass is 9.94. The summed E-state index contributed by atoms with van der Waals surface area (Å²) >= 11 is 0. The lowest BCUT2D eigenvalue weighted by Crippen LogP contribution is -2.43. The number of aromatic nitrogens is 1. The van der Waals surface area contributed by atoms with Gasteiger partial charge in [0, 0.05) is 38.1 Å². The highest BCUT2D eigenvalue weighted by molar-refractivity contribution is 5.91. The van der Waals surface area contributed by atoms with Gasteiger partial charge in [0.2, 0.25) is 0 Å². The Labute approximate surface area is 278 Å². The molecule has 0 saturated heterocycles. The predicted octanol–water partition coefficient (Wildman–Crippen LogP) is 9.06. The fourth-order valence-corrected chi connectivity index (χ4v) is 5.93. The number of hydrogen-bond acceptors (Lipinski definition) is 5. The zero-order valence-corrected chi connectivity index (χ0v) is 27.9. The second kappa shape index (κ2) is 15.6. The third-order valence-electron chi connectivity index (χ3n) is 8.34. The van der Waals surface area contributed by atoms with Crippen molar-refractivity contribution in [1.82, 2.24) is 14.8 Å². The molecule has 4 aromatic rings. The summed E-state index contributed by atoms with van der Waals surface area (Å²) in [4.78, 5) is 34.6. The standard InChI is InChI=1S/C39H46N4O4/c1-39(2,3)47-38(45)43(34-12-6-5-7-13-34)28-30-18-22-33(23-19-30)32-20-16-29(17-21-32)26-42(27-31-11-10-24-40-25-31)37(44)41-35-14-8-9-15-36(35)46-4/h8-11,14-25,34H,5-7,12-13,26-28H2,1-4H3,(H,41,44). The van der Waals surface area contributed by atoms with Crippen molar-refractivity contribution in [2.45, 2.75) is 84.2 Å². The average Bonchev–Trinajstić information content (AvgIpc) is 3.08. The first kappa shape index (κ1) is 33.5. The number of amides is 3. The van der Waals surface area contributed by atoms with Gasteiger partial charge in [-0.05, 0) is 79.6 Å². The SMILES string of the molecule is COc1ccccc1NC(=O)N(Cc1ccc(-c2ccc(CN(C(=O)OC(C)(C)C)C3CCCCC3)cc2)cc1)Cc1cccnc1. The lowest BCUT2D eigenvalue weighted by molar-refractivity contribution is 0.00988. The van der Waals surface area contributed by atoms with E-state index in [4.69, 9.17) is 9.47 Å². The molecule has 3 aromatic carbocycles. The van der Waals surface area contributed by atoms with Gasteiger partial charge in [-0.2, -0.15) is 0 Å². The van der Waals surface area contributed by atoms with Crippen molar-refractivity contribution in [1.29, 1.82) is 0 Å². The van der Waals surface area contributed by atoms with Crippen LogP contribution in [0.5, 0.6) is 5.75 Å². The van der Waals surface area contributed by atoms with Crippen LogP contribution in [-0.4, -0.2) is 45.7 Å². The number of hydrogen-bond donors (Lipinski definition) is 1. The van der Waals surface area contributed by atoms with Gasteiger partial charge in [0.25, 0.3) is 0 Å². The van der Waals surface area contributed by atoms with E-state index in [1.807, 2.05) is 62.1 Å². The van der Waals surface area contributed by atoms with Gasteiger partial charge in [0.15, 0.2) is 0 Å². The first-order valence-electron chi connectivity index (χ1n) is 16.4. The Morgan fingerprint density at radius 1 is 0.787 bits per heavy atom. The van der Waals surface area contributed by atoms with Crippen LogP contribution in [0.25, 0.3) is 11.1 Å². The van der Waals surface area contributed by atoms with Gasteiger partial charge in [-0.3, -0.25) is 4.98 Å². The molecule has 5 rings (SSSR count). The molecular weight excluding hydrogens is 588 g/mol. The minimum absolute atomic E-state index is 0.209. The maximum absolute atomic E-state index is 13.5. The van der Waals surface area contributed by atoms with E-state index >= 15 is 0 Å². The van der Waals surface area contributed by atoms with Crippen molar-refractivity contribution in [3.8, 4) is 16.9 Å². The Bertz CT molecular complexity index is 1600. The van der Waals surface area contributed by atoms with Crippen LogP contribution >= 0.6 is 0 Å². The van der Waals surface area contributed by atoms with Crippen LogP contribution in [0.3, 0.4) is 0 Å². The van der Waals surface area contributed by atoms with Crippen molar-refractivity contribution in [2.24, 2.45) is 0 Å². The molecule has 1 heterocycles. The summed E-state index contributed by atoms with van der Waals surface area (Å²) in [7, 11) is 1.59. The molecule has 8 nitrogen and oxygen atoms in total. The van der Waals surface area contributed by atoms with Crippen molar-refractivity contribution in [2.75, 3.05) is 12.4 Å². The zero-order chi connectivity index (χ0) is 33.2. The molecule has 1 aliphatic carbocycles. The number of ether oxygens (including phenoxy) is 2. The van der Waals surface area contributed by atoms with Gasteiger partial charge in [0.1, 0.15) is 11.4 Å². The first-order valence-corrected chi connectivity index (χ1v) is 16.4. The van der Waals surface area contributed by atoms with Crippen molar-refractivity contribution >= 4 is 17.8 Å². The first-order chi connectivity index (χ1) is 22.7. The van der Waals surface area contributed by atoms with Gasteiger partial charge >= 0.3 is 12.1 Å².